The Hall–Kier alpha value is -2.20. The van der Waals surface area contributed by atoms with Crippen molar-refractivity contribution in [2.75, 3.05) is 23.9 Å². The molecule has 1 heterocycles. The van der Waals surface area contributed by atoms with Gasteiger partial charge in [-0.2, -0.15) is 0 Å². The van der Waals surface area contributed by atoms with Gasteiger partial charge < -0.3 is 15.0 Å². The standard InChI is InChI=1S/C19H21ClN2O2/c1-13(22-11-5-7-14-6-3-4-8-17(14)22)19(23)21-16-12-15(20)9-10-18(16)24-2/h3-4,6,8-10,12-13H,5,7,11H2,1-2H3,(H,21,23). The fourth-order valence-electron chi connectivity index (χ4n) is 3.12. The van der Waals surface area contributed by atoms with Gasteiger partial charge in [0.2, 0.25) is 5.91 Å². The maximum atomic E-state index is 12.7. The topological polar surface area (TPSA) is 41.6 Å². The number of aryl methyl sites for hydroxylation is 1. The van der Waals surface area contributed by atoms with Crippen LogP contribution in [0.4, 0.5) is 11.4 Å². The van der Waals surface area contributed by atoms with Crippen LogP contribution in [0.25, 0.3) is 0 Å². The first kappa shape index (κ1) is 16.7. The van der Waals surface area contributed by atoms with E-state index in [1.54, 1.807) is 25.3 Å². The molecule has 126 valence electrons. The van der Waals surface area contributed by atoms with Crippen molar-refractivity contribution >= 4 is 28.9 Å². The first-order chi connectivity index (χ1) is 11.6. The minimum Gasteiger partial charge on any atom is -0.495 e. The van der Waals surface area contributed by atoms with Crippen molar-refractivity contribution in [3.05, 3.63) is 53.1 Å². The summed E-state index contributed by atoms with van der Waals surface area (Å²) >= 11 is 6.04. The first-order valence-electron chi connectivity index (χ1n) is 8.09. The largest absolute Gasteiger partial charge is 0.495 e. The zero-order valence-corrected chi connectivity index (χ0v) is 14.6. The molecule has 1 amide bonds. The minimum atomic E-state index is -0.282. The lowest BCUT2D eigenvalue weighted by Crippen LogP contribution is -2.44. The highest BCUT2D eigenvalue weighted by Crippen LogP contribution is 2.30. The second-order valence-corrected chi connectivity index (χ2v) is 6.37. The highest BCUT2D eigenvalue weighted by Gasteiger charge is 2.26. The van der Waals surface area contributed by atoms with Crippen molar-refractivity contribution in [1.29, 1.82) is 0 Å². The molecule has 4 nitrogen and oxygen atoms in total. The number of benzene rings is 2. The summed E-state index contributed by atoms with van der Waals surface area (Å²) in [5.74, 6) is 0.520. The third kappa shape index (κ3) is 3.34. The third-order valence-electron chi connectivity index (χ3n) is 4.41. The molecule has 0 aliphatic carbocycles. The number of halogens is 1. The Bertz CT molecular complexity index is 748. The predicted octanol–water partition coefficient (Wildman–Crippen LogP) is 4.13. The van der Waals surface area contributed by atoms with E-state index in [1.807, 2.05) is 19.1 Å². The van der Waals surface area contributed by atoms with E-state index in [2.05, 4.69) is 22.3 Å². The number of rotatable bonds is 4. The molecule has 5 heteroatoms. The minimum absolute atomic E-state index is 0.0766. The van der Waals surface area contributed by atoms with Gasteiger partial charge in [0.25, 0.3) is 0 Å². The van der Waals surface area contributed by atoms with E-state index in [0.717, 1.165) is 25.1 Å². The Balaban J connectivity index is 1.80. The summed E-state index contributed by atoms with van der Waals surface area (Å²) in [5.41, 5.74) is 3.03. The Labute approximate surface area is 147 Å². The molecule has 0 aromatic heterocycles. The van der Waals surface area contributed by atoms with Crippen molar-refractivity contribution in [3.63, 3.8) is 0 Å². The zero-order chi connectivity index (χ0) is 17.1. The second-order valence-electron chi connectivity index (χ2n) is 5.94. The number of ether oxygens (including phenoxy) is 1. The number of amides is 1. The highest BCUT2D eigenvalue weighted by atomic mass is 35.5. The number of para-hydroxylation sites is 1. The second kappa shape index (κ2) is 7.14. The van der Waals surface area contributed by atoms with E-state index < -0.39 is 0 Å². The van der Waals surface area contributed by atoms with Crippen LogP contribution in [0, 0.1) is 0 Å². The average molecular weight is 345 g/mol. The molecule has 24 heavy (non-hydrogen) atoms. The maximum Gasteiger partial charge on any atom is 0.246 e. The van der Waals surface area contributed by atoms with Crippen LogP contribution in [0.2, 0.25) is 5.02 Å². The molecular formula is C19H21ClN2O2. The van der Waals surface area contributed by atoms with Crippen molar-refractivity contribution in [2.45, 2.75) is 25.8 Å². The number of hydrogen-bond acceptors (Lipinski definition) is 3. The summed E-state index contributed by atoms with van der Waals surface area (Å²) in [7, 11) is 1.57. The van der Waals surface area contributed by atoms with Crippen LogP contribution in [0.1, 0.15) is 18.9 Å². The molecule has 0 bridgehead atoms. The molecule has 3 rings (SSSR count). The van der Waals surface area contributed by atoms with Gasteiger partial charge in [0.05, 0.1) is 12.8 Å². The molecule has 0 radical (unpaired) electrons. The Morgan fingerprint density at radius 2 is 2.08 bits per heavy atom. The molecule has 0 saturated heterocycles. The van der Waals surface area contributed by atoms with Gasteiger partial charge in [0.1, 0.15) is 11.8 Å². The Morgan fingerprint density at radius 1 is 1.29 bits per heavy atom. The van der Waals surface area contributed by atoms with Gasteiger partial charge in [-0.05, 0) is 49.6 Å². The fourth-order valence-corrected chi connectivity index (χ4v) is 3.29. The van der Waals surface area contributed by atoms with Gasteiger partial charge in [-0.3, -0.25) is 4.79 Å². The van der Waals surface area contributed by atoms with Gasteiger partial charge in [-0.25, -0.2) is 0 Å². The van der Waals surface area contributed by atoms with Crippen LogP contribution in [0.3, 0.4) is 0 Å². The highest BCUT2D eigenvalue weighted by molar-refractivity contribution is 6.31. The van der Waals surface area contributed by atoms with Crippen LogP contribution in [0.5, 0.6) is 5.75 Å². The smallest absolute Gasteiger partial charge is 0.246 e. The third-order valence-corrected chi connectivity index (χ3v) is 4.65. The summed E-state index contributed by atoms with van der Waals surface area (Å²) in [6.45, 7) is 2.80. The van der Waals surface area contributed by atoms with E-state index in [1.165, 1.54) is 5.56 Å². The van der Waals surface area contributed by atoms with E-state index >= 15 is 0 Å². The monoisotopic (exact) mass is 344 g/mol. The number of nitrogens with zero attached hydrogens (tertiary/aromatic N) is 1. The lowest BCUT2D eigenvalue weighted by atomic mass is 10.00. The molecule has 0 saturated carbocycles. The van der Waals surface area contributed by atoms with E-state index in [9.17, 15) is 4.79 Å². The molecule has 2 aromatic carbocycles. The molecular weight excluding hydrogens is 324 g/mol. The van der Waals surface area contributed by atoms with Crippen LogP contribution >= 0.6 is 11.6 Å². The molecule has 1 aliphatic rings. The van der Waals surface area contributed by atoms with Crippen molar-refractivity contribution in [2.24, 2.45) is 0 Å². The number of carbonyl (C=O) groups excluding carboxylic acids is 1. The maximum absolute atomic E-state index is 12.7. The van der Waals surface area contributed by atoms with Crippen LogP contribution < -0.4 is 15.0 Å². The first-order valence-corrected chi connectivity index (χ1v) is 8.47. The molecule has 1 unspecified atom stereocenters. The summed E-state index contributed by atoms with van der Waals surface area (Å²) in [6.07, 6.45) is 2.11. The SMILES string of the molecule is COc1ccc(Cl)cc1NC(=O)C(C)N1CCCc2ccccc21. The van der Waals surface area contributed by atoms with Gasteiger partial charge >= 0.3 is 0 Å². The number of methoxy groups -OCH3 is 1. The van der Waals surface area contributed by atoms with Crippen LogP contribution in [-0.4, -0.2) is 25.6 Å². The summed E-state index contributed by atoms with van der Waals surface area (Å²) in [4.78, 5) is 14.9. The lowest BCUT2D eigenvalue weighted by molar-refractivity contribution is -0.117. The molecule has 2 aromatic rings. The number of carbonyl (C=O) groups is 1. The van der Waals surface area contributed by atoms with Gasteiger partial charge in [-0.1, -0.05) is 29.8 Å². The number of anilines is 2. The predicted molar refractivity (Wildman–Crippen MR) is 98.2 cm³/mol. The normalized spacial score (nSPS) is 14.7. The molecule has 1 atom stereocenters. The zero-order valence-electron chi connectivity index (χ0n) is 13.9. The fraction of sp³-hybridized carbons (Fsp3) is 0.316. The van der Waals surface area contributed by atoms with Crippen LogP contribution in [-0.2, 0) is 11.2 Å². The number of fused-ring (bicyclic) bond motifs is 1. The Morgan fingerprint density at radius 3 is 2.88 bits per heavy atom. The quantitative estimate of drug-likeness (QED) is 0.906. The Kier molecular flexibility index (Phi) is 4.95. The molecule has 0 fully saturated rings. The van der Waals surface area contributed by atoms with Gasteiger partial charge in [-0.15, -0.1) is 0 Å². The summed E-state index contributed by atoms with van der Waals surface area (Å²) < 4.78 is 5.30. The summed E-state index contributed by atoms with van der Waals surface area (Å²) in [6, 6.07) is 13.2. The number of hydrogen-bond donors (Lipinski definition) is 1. The van der Waals surface area contributed by atoms with E-state index in [4.69, 9.17) is 16.3 Å². The van der Waals surface area contributed by atoms with Crippen molar-refractivity contribution in [1.82, 2.24) is 0 Å². The van der Waals surface area contributed by atoms with Crippen molar-refractivity contribution < 1.29 is 9.53 Å². The average Bonchev–Trinajstić information content (AvgIpc) is 2.61. The molecule has 0 spiro atoms. The van der Waals surface area contributed by atoms with E-state index in [0.29, 0.717) is 16.5 Å². The molecule has 1 N–H and O–H groups in total. The van der Waals surface area contributed by atoms with Gasteiger partial charge in [0, 0.05) is 17.3 Å². The summed E-state index contributed by atoms with van der Waals surface area (Å²) in [5, 5.41) is 3.50. The van der Waals surface area contributed by atoms with Gasteiger partial charge in [0.15, 0.2) is 0 Å². The molecule has 1 aliphatic heterocycles. The number of nitrogens with one attached hydrogen (secondary N) is 1. The van der Waals surface area contributed by atoms with E-state index in [-0.39, 0.29) is 11.9 Å². The van der Waals surface area contributed by atoms with Crippen LogP contribution in [0.15, 0.2) is 42.5 Å². The lowest BCUT2D eigenvalue weighted by Gasteiger charge is -2.35. The van der Waals surface area contributed by atoms with Crippen molar-refractivity contribution in [3.8, 4) is 5.75 Å².